The molecule has 26 heavy (non-hydrogen) atoms. The van der Waals surface area contributed by atoms with Crippen LogP contribution in [0.2, 0.25) is 0 Å². The van der Waals surface area contributed by atoms with Crippen molar-refractivity contribution in [2.24, 2.45) is 0 Å². The minimum absolute atomic E-state index is 0. The van der Waals surface area contributed by atoms with E-state index in [4.69, 9.17) is 0 Å². The van der Waals surface area contributed by atoms with Gasteiger partial charge in [0, 0.05) is 0 Å². The van der Waals surface area contributed by atoms with Gasteiger partial charge in [-0.15, -0.1) is 0 Å². The maximum atomic E-state index is 4.58. The number of rotatable bonds is 0. The molecule has 5 rings (SSSR count). The van der Waals surface area contributed by atoms with E-state index in [9.17, 15) is 0 Å². The van der Waals surface area contributed by atoms with E-state index in [2.05, 4.69) is 52.9 Å². The molecular weight excluding hydrogens is 464 g/mol. The summed E-state index contributed by atoms with van der Waals surface area (Å²) in [5.74, 6) is 0. The van der Waals surface area contributed by atoms with Gasteiger partial charge < -0.3 is 38.4 Å². The van der Waals surface area contributed by atoms with Crippen molar-refractivity contribution < 1.29 is 38.4 Å². The molecule has 0 spiro atoms. The van der Waals surface area contributed by atoms with E-state index in [0.717, 1.165) is 0 Å². The van der Waals surface area contributed by atoms with Gasteiger partial charge in [-0.05, 0) is 70.5 Å². The van der Waals surface area contributed by atoms with Gasteiger partial charge in [0.1, 0.15) is 0 Å². The second-order valence-corrected chi connectivity index (χ2v) is 6.09. The Morgan fingerprint density at radius 3 is 2.04 bits per heavy atom. The third-order valence-electron chi connectivity index (χ3n) is 4.68. The Morgan fingerprint density at radius 2 is 1.31 bits per heavy atom. The minimum Gasteiger partial charge on any atom is -1.00 e. The zero-order valence-corrected chi connectivity index (χ0v) is 19.2. The van der Waals surface area contributed by atoms with Crippen molar-refractivity contribution >= 4 is 44.6 Å². The van der Waals surface area contributed by atoms with Crippen molar-refractivity contribution in [2.75, 3.05) is 0 Å². The Bertz CT molecular complexity index is 918. The van der Waals surface area contributed by atoms with Crippen LogP contribution in [0, 0.1) is 0 Å². The molecule has 1 aliphatic rings. The first kappa shape index (κ1) is 23.2. The summed E-state index contributed by atoms with van der Waals surface area (Å²) in [4.78, 5) is 0. The number of halogens is 2. The van der Waals surface area contributed by atoms with Gasteiger partial charge in [-0.3, -0.25) is 0 Å². The smallest absolute Gasteiger partial charge is 1.00 e. The van der Waals surface area contributed by atoms with Crippen molar-refractivity contribution in [3.8, 4) is 0 Å². The zero-order chi connectivity index (χ0) is 15.5. The van der Waals surface area contributed by atoms with Crippen LogP contribution < -0.4 is 34.0 Å². The van der Waals surface area contributed by atoms with Crippen LogP contribution in [0.3, 0.4) is 0 Å². The Hall–Kier alpha value is -0.814. The van der Waals surface area contributed by atoms with Crippen LogP contribution in [-0.2, 0) is 12.8 Å². The van der Waals surface area contributed by atoms with Gasteiger partial charge >= 0.3 is 23.1 Å². The van der Waals surface area contributed by atoms with Crippen molar-refractivity contribution in [3.05, 3.63) is 84.3 Å². The van der Waals surface area contributed by atoms with Crippen LogP contribution in [0.25, 0.3) is 21.5 Å². The Balaban J connectivity index is 0.000000372. The van der Waals surface area contributed by atoms with Crippen LogP contribution >= 0.6 is 0 Å². The van der Waals surface area contributed by atoms with Crippen LogP contribution in [0.1, 0.15) is 24.0 Å². The maximum Gasteiger partial charge on any atom is 2.00 e. The topological polar surface area (TPSA) is 13.1 Å². The minimum atomic E-state index is 0. The summed E-state index contributed by atoms with van der Waals surface area (Å²) >= 11 is 0. The van der Waals surface area contributed by atoms with Gasteiger partial charge in [0.15, 0.2) is 0 Å². The van der Waals surface area contributed by atoms with Crippen LogP contribution in [-0.4, -0.2) is 23.1 Å². The first-order valence-electron chi connectivity index (χ1n) is 8.33. The summed E-state index contributed by atoms with van der Waals surface area (Å²) in [7, 11) is 0. The fourth-order valence-electron chi connectivity index (χ4n) is 3.57. The van der Waals surface area contributed by atoms with Gasteiger partial charge in [0.2, 0.25) is 0 Å². The summed E-state index contributed by atoms with van der Waals surface area (Å²) in [5.41, 5.74) is 3.17. The van der Waals surface area contributed by atoms with Gasteiger partial charge in [-0.1, -0.05) is 48.5 Å². The number of aryl methyl sites for hydroxylation is 2. The second kappa shape index (κ2) is 11.1. The molecule has 1 aromatic heterocycles. The Kier molecular flexibility index (Phi) is 9.94. The molecule has 1 heterocycles. The number of hydrogen-bond donors (Lipinski definition) is 0. The van der Waals surface area contributed by atoms with E-state index >= 15 is 0 Å². The third-order valence-corrected chi connectivity index (χ3v) is 4.68. The average molecular weight is 485 g/mol. The molecule has 0 aliphatic heterocycles. The molecule has 0 saturated heterocycles. The standard InChI is InChI=1S/C18H16.C4H4O.2BrH.Mg/c1-3-7-15-13(5-1)9-11-18-16-8-4-2-6-14(16)10-12-17(15)18;1-2-4-5-3-1;;;/h1,3,5,7,9-12H,2,4,6,8H2;1-4H;2*1H;/q;;;;+2/p-2. The molecule has 0 saturated carbocycles. The first-order valence-corrected chi connectivity index (χ1v) is 8.33. The van der Waals surface area contributed by atoms with Crippen molar-refractivity contribution in [1.82, 2.24) is 0 Å². The molecule has 3 aromatic carbocycles. The molecule has 0 bridgehead atoms. The van der Waals surface area contributed by atoms with Gasteiger partial charge in [0.25, 0.3) is 0 Å². The van der Waals surface area contributed by atoms with Gasteiger partial charge in [-0.25, -0.2) is 0 Å². The number of hydrogen-bond acceptors (Lipinski definition) is 1. The van der Waals surface area contributed by atoms with E-state index in [-0.39, 0.29) is 57.0 Å². The third kappa shape index (κ3) is 4.92. The van der Waals surface area contributed by atoms with Crippen LogP contribution in [0.4, 0.5) is 0 Å². The summed E-state index contributed by atoms with van der Waals surface area (Å²) in [6.07, 6.45) is 8.47. The van der Waals surface area contributed by atoms with Crippen LogP contribution in [0.5, 0.6) is 0 Å². The SMILES string of the molecule is [Br-].[Br-].[Mg+2].c1ccc2c(c1)ccc1c3c(ccc12)CCCC3.c1ccoc1. The second-order valence-electron chi connectivity index (χ2n) is 6.09. The average Bonchev–Trinajstić information content (AvgIpc) is 3.21. The Labute approximate surface area is 191 Å². The Morgan fingerprint density at radius 1 is 0.615 bits per heavy atom. The van der Waals surface area contributed by atoms with E-state index in [1.165, 1.54) is 47.2 Å². The van der Waals surface area contributed by atoms with E-state index in [0.29, 0.717) is 0 Å². The van der Waals surface area contributed by atoms with Crippen molar-refractivity contribution in [1.29, 1.82) is 0 Å². The molecular formula is C22H20Br2MgO. The summed E-state index contributed by atoms with van der Waals surface area (Å²) < 4.78 is 4.58. The number of furan rings is 1. The molecule has 4 heteroatoms. The van der Waals surface area contributed by atoms with E-state index < -0.39 is 0 Å². The molecule has 1 aliphatic carbocycles. The van der Waals surface area contributed by atoms with Gasteiger partial charge in [0.05, 0.1) is 12.5 Å². The molecule has 0 amide bonds. The van der Waals surface area contributed by atoms with Crippen LogP contribution in [0.15, 0.2) is 77.6 Å². The monoisotopic (exact) mass is 482 g/mol. The quantitative estimate of drug-likeness (QED) is 0.249. The fourth-order valence-corrected chi connectivity index (χ4v) is 3.57. The number of fused-ring (bicyclic) bond motifs is 5. The number of benzene rings is 3. The maximum absolute atomic E-state index is 4.58. The molecule has 4 aromatic rings. The molecule has 0 fully saturated rings. The molecule has 0 radical (unpaired) electrons. The zero-order valence-electron chi connectivity index (χ0n) is 14.6. The molecule has 0 unspecified atom stereocenters. The predicted octanol–water partition coefficient (Wildman–Crippen LogP) is -0.221. The first-order chi connectivity index (χ1) is 11.4. The summed E-state index contributed by atoms with van der Waals surface area (Å²) in [6, 6.07) is 21.6. The van der Waals surface area contributed by atoms with E-state index in [1.807, 2.05) is 12.1 Å². The molecule has 0 atom stereocenters. The van der Waals surface area contributed by atoms with Crippen molar-refractivity contribution in [2.45, 2.75) is 25.7 Å². The molecule has 0 N–H and O–H groups in total. The summed E-state index contributed by atoms with van der Waals surface area (Å²) in [5, 5.41) is 5.64. The predicted molar refractivity (Wildman–Crippen MR) is 103 cm³/mol. The van der Waals surface area contributed by atoms with E-state index in [1.54, 1.807) is 23.7 Å². The summed E-state index contributed by atoms with van der Waals surface area (Å²) in [6.45, 7) is 0. The fraction of sp³-hybridized carbons (Fsp3) is 0.182. The molecule has 1 nitrogen and oxygen atoms in total. The van der Waals surface area contributed by atoms with Crippen molar-refractivity contribution in [3.63, 3.8) is 0 Å². The normalized spacial score (nSPS) is 11.8. The molecule has 130 valence electrons. The van der Waals surface area contributed by atoms with Gasteiger partial charge in [-0.2, -0.15) is 0 Å². The largest absolute Gasteiger partial charge is 2.00 e.